The largest absolute Gasteiger partial charge is 0.486 e. The van der Waals surface area contributed by atoms with Crippen LogP contribution in [0.4, 0.5) is 0 Å². The Labute approximate surface area is 200 Å². The zero-order valence-electron chi connectivity index (χ0n) is 19.9. The summed E-state index contributed by atoms with van der Waals surface area (Å²) in [5.74, 6) is 7.54. The number of carbonyl (C=O) groups is 1. The van der Waals surface area contributed by atoms with Crippen LogP contribution in [0.15, 0.2) is 59.8 Å². The normalized spacial score (nSPS) is 13.4. The maximum Gasteiger partial charge on any atom is 0.233 e. The highest BCUT2D eigenvalue weighted by Gasteiger charge is 2.20. The van der Waals surface area contributed by atoms with Crippen LogP contribution in [0.3, 0.4) is 0 Å². The van der Waals surface area contributed by atoms with Crippen molar-refractivity contribution in [3.63, 3.8) is 0 Å². The first-order valence-corrected chi connectivity index (χ1v) is 11.9. The molecular weight excluding hydrogens is 434 g/mol. The van der Waals surface area contributed by atoms with Crippen molar-refractivity contribution in [2.75, 3.05) is 12.4 Å². The molecule has 0 aliphatic heterocycles. The third-order valence-electron chi connectivity index (χ3n) is 5.43. The molecule has 7 nitrogen and oxygen atoms in total. The van der Waals surface area contributed by atoms with Gasteiger partial charge in [-0.2, -0.15) is 0 Å². The molecule has 0 bridgehead atoms. The third kappa shape index (κ3) is 6.74. The number of hydrogen-bond acceptors (Lipinski definition) is 6. The second-order valence-electron chi connectivity index (χ2n) is 9.15. The van der Waals surface area contributed by atoms with Gasteiger partial charge in [0.2, 0.25) is 11.1 Å². The Balaban J connectivity index is 1.51. The second-order valence-corrected chi connectivity index (χ2v) is 10.5. The van der Waals surface area contributed by atoms with Crippen molar-refractivity contribution in [2.24, 2.45) is 0 Å². The van der Waals surface area contributed by atoms with E-state index >= 15 is 0 Å². The number of benzene rings is 2. The number of nitrogen functional groups attached to an aromatic ring is 1. The lowest BCUT2D eigenvalue weighted by molar-refractivity contribution is -0.120. The summed E-state index contributed by atoms with van der Waals surface area (Å²) in [5, 5.41) is 11.4. The fraction of sp³-hybridized carbons (Fsp3) is 0.400. The minimum absolute atomic E-state index is 0.0671. The molecule has 0 radical (unpaired) electrons. The van der Waals surface area contributed by atoms with E-state index in [0.29, 0.717) is 17.5 Å². The highest BCUT2D eigenvalue weighted by molar-refractivity contribution is 8.00. The summed E-state index contributed by atoms with van der Waals surface area (Å²) >= 11 is 1.27. The number of rotatable bonds is 9. The minimum atomic E-state index is -0.363. The molecule has 0 saturated carbocycles. The van der Waals surface area contributed by atoms with Crippen LogP contribution >= 0.6 is 11.8 Å². The van der Waals surface area contributed by atoms with E-state index in [0.717, 1.165) is 5.75 Å². The first kappa shape index (κ1) is 24.6. The van der Waals surface area contributed by atoms with E-state index in [-0.39, 0.29) is 29.1 Å². The van der Waals surface area contributed by atoms with Crippen LogP contribution in [0.25, 0.3) is 0 Å². The zero-order chi connectivity index (χ0) is 24.0. The van der Waals surface area contributed by atoms with Gasteiger partial charge in [0, 0.05) is 6.54 Å². The summed E-state index contributed by atoms with van der Waals surface area (Å²) < 4.78 is 7.20. The molecule has 3 aromatic rings. The predicted molar refractivity (Wildman–Crippen MR) is 133 cm³/mol. The van der Waals surface area contributed by atoms with E-state index in [4.69, 9.17) is 10.6 Å². The Morgan fingerprint density at radius 2 is 1.76 bits per heavy atom. The predicted octanol–water partition coefficient (Wildman–Crippen LogP) is 4.27. The maximum atomic E-state index is 12.6. The van der Waals surface area contributed by atoms with Crippen LogP contribution in [0.2, 0.25) is 0 Å². The molecule has 1 aromatic heterocycles. The molecule has 0 aliphatic rings. The van der Waals surface area contributed by atoms with Crippen molar-refractivity contribution < 1.29 is 9.53 Å². The molecule has 33 heavy (non-hydrogen) atoms. The van der Waals surface area contributed by atoms with E-state index in [1.165, 1.54) is 27.6 Å². The number of amides is 1. The summed E-state index contributed by atoms with van der Waals surface area (Å²) in [6, 6.07) is 18.1. The third-order valence-corrected chi connectivity index (χ3v) is 6.48. The average Bonchev–Trinajstić information content (AvgIpc) is 3.15. The number of nitrogens with two attached hydrogens (primary N) is 1. The number of nitrogens with one attached hydrogen (secondary N) is 1. The standard InChI is InChI=1S/C25H33N5O2S/c1-17(19-9-7-6-8-10-19)15-27-23(31)18(2)33-24-29-28-22(30(24)26)16-32-21-13-11-20(12-14-21)25(3,4)5/h6-14,17-18H,15-16,26H2,1-5H3,(H,27,31). The van der Waals surface area contributed by atoms with Gasteiger partial charge in [0.25, 0.3) is 0 Å². The molecule has 0 fully saturated rings. The lowest BCUT2D eigenvalue weighted by atomic mass is 9.87. The van der Waals surface area contributed by atoms with Crippen molar-refractivity contribution in [1.82, 2.24) is 20.2 Å². The monoisotopic (exact) mass is 467 g/mol. The van der Waals surface area contributed by atoms with Gasteiger partial charge < -0.3 is 15.9 Å². The molecule has 8 heteroatoms. The van der Waals surface area contributed by atoms with Crippen LogP contribution < -0.4 is 15.9 Å². The molecule has 0 aliphatic carbocycles. The number of thioether (sulfide) groups is 1. The van der Waals surface area contributed by atoms with Crippen LogP contribution in [-0.4, -0.2) is 32.6 Å². The van der Waals surface area contributed by atoms with E-state index in [1.54, 1.807) is 0 Å². The number of hydrogen-bond donors (Lipinski definition) is 2. The summed E-state index contributed by atoms with van der Waals surface area (Å²) in [5.41, 5.74) is 2.52. The Kier molecular flexibility index (Phi) is 8.02. The van der Waals surface area contributed by atoms with E-state index in [1.807, 2.05) is 37.3 Å². The van der Waals surface area contributed by atoms with Crippen molar-refractivity contribution in [3.8, 4) is 5.75 Å². The highest BCUT2D eigenvalue weighted by atomic mass is 32.2. The number of carbonyl (C=O) groups excluding carboxylic acids is 1. The van der Waals surface area contributed by atoms with Gasteiger partial charge in [-0.05, 0) is 41.5 Å². The molecule has 1 amide bonds. The van der Waals surface area contributed by atoms with E-state index in [2.05, 4.69) is 67.5 Å². The van der Waals surface area contributed by atoms with Gasteiger partial charge in [0.1, 0.15) is 12.4 Å². The smallest absolute Gasteiger partial charge is 0.233 e. The van der Waals surface area contributed by atoms with Gasteiger partial charge in [0.05, 0.1) is 5.25 Å². The molecule has 176 valence electrons. The Hall–Kier alpha value is -3.00. The fourth-order valence-electron chi connectivity index (χ4n) is 3.19. The van der Waals surface area contributed by atoms with E-state index in [9.17, 15) is 4.79 Å². The van der Waals surface area contributed by atoms with Gasteiger partial charge in [-0.15, -0.1) is 10.2 Å². The lowest BCUT2D eigenvalue weighted by Gasteiger charge is -2.19. The Morgan fingerprint density at radius 1 is 1.09 bits per heavy atom. The van der Waals surface area contributed by atoms with Crippen molar-refractivity contribution in [3.05, 3.63) is 71.5 Å². The first-order valence-electron chi connectivity index (χ1n) is 11.1. The summed E-state index contributed by atoms with van der Waals surface area (Å²) in [4.78, 5) is 12.6. The molecule has 0 spiro atoms. The SMILES string of the molecule is CC(Sc1nnc(COc2ccc(C(C)(C)C)cc2)n1N)C(=O)NCC(C)c1ccccc1. The summed E-state index contributed by atoms with van der Waals surface area (Å²) in [6.07, 6.45) is 0. The number of aromatic nitrogens is 3. The Morgan fingerprint density at radius 3 is 2.39 bits per heavy atom. The molecule has 2 atom stereocenters. The van der Waals surface area contributed by atoms with Crippen LogP contribution in [0, 0.1) is 0 Å². The Bertz CT molecular complexity index is 1040. The molecule has 2 unspecified atom stereocenters. The fourth-order valence-corrected chi connectivity index (χ4v) is 4.01. The van der Waals surface area contributed by atoms with Gasteiger partial charge in [-0.25, -0.2) is 4.68 Å². The molecule has 2 aromatic carbocycles. The maximum absolute atomic E-state index is 12.6. The lowest BCUT2D eigenvalue weighted by Crippen LogP contribution is -2.34. The highest BCUT2D eigenvalue weighted by Crippen LogP contribution is 2.25. The van der Waals surface area contributed by atoms with Gasteiger partial charge in [-0.1, -0.05) is 81.9 Å². The zero-order valence-corrected chi connectivity index (χ0v) is 20.7. The van der Waals surface area contributed by atoms with E-state index < -0.39 is 0 Å². The number of nitrogens with zero attached hydrogens (tertiary/aromatic N) is 3. The quantitative estimate of drug-likeness (QED) is 0.360. The molecule has 3 rings (SSSR count). The summed E-state index contributed by atoms with van der Waals surface area (Å²) in [7, 11) is 0. The topological polar surface area (TPSA) is 95.1 Å². The van der Waals surface area contributed by atoms with Crippen LogP contribution in [0.5, 0.6) is 5.75 Å². The van der Waals surface area contributed by atoms with Crippen molar-refractivity contribution in [2.45, 2.75) is 63.0 Å². The van der Waals surface area contributed by atoms with Gasteiger partial charge in [-0.3, -0.25) is 4.79 Å². The minimum Gasteiger partial charge on any atom is -0.486 e. The second kappa shape index (κ2) is 10.7. The van der Waals surface area contributed by atoms with Crippen molar-refractivity contribution >= 4 is 17.7 Å². The molecule has 1 heterocycles. The van der Waals surface area contributed by atoms with Crippen LogP contribution in [-0.2, 0) is 16.8 Å². The molecular formula is C25H33N5O2S. The average molecular weight is 468 g/mol. The number of ether oxygens (including phenoxy) is 1. The first-order chi connectivity index (χ1) is 15.6. The van der Waals surface area contributed by atoms with Crippen molar-refractivity contribution in [1.29, 1.82) is 0 Å². The molecule has 3 N–H and O–H groups in total. The van der Waals surface area contributed by atoms with Gasteiger partial charge in [0.15, 0.2) is 5.82 Å². The van der Waals surface area contributed by atoms with Gasteiger partial charge >= 0.3 is 0 Å². The molecule has 0 saturated heterocycles. The van der Waals surface area contributed by atoms with Crippen LogP contribution in [0.1, 0.15) is 57.5 Å². The summed E-state index contributed by atoms with van der Waals surface area (Å²) in [6.45, 7) is 11.2.